The monoisotopic (exact) mass is 358 g/mol. The topological polar surface area (TPSA) is 58.2 Å². The Morgan fingerprint density at radius 1 is 1.04 bits per heavy atom. The molecule has 0 bridgehead atoms. The first-order chi connectivity index (χ1) is 12.0. The SMILES string of the molecule is CC(C)CC(=O)NC(C(=O)NCc1cccc(Cl)c1)c1ccccc1. The highest BCUT2D eigenvalue weighted by molar-refractivity contribution is 6.30. The summed E-state index contributed by atoms with van der Waals surface area (Å²) in [6.45, 7) is 4.29. The number of hydrogen-bond acceptors (Lipinski definition) is 2. The van der Waals surface area contributed by atoms with Crippen molar-refractivity contribution in [3.8, 4) is 0 Å². The molecule has 0 heterocycles. The summed E-state index contributed by atoms with van der Waals surface area (Å²) in [6, 6.07) is 15.8. The van der Waals surface area contributed by atoms with Crippen LogP contribution in [-0.4, -0.2) is 11.8 Å². The summed E-state index contributed by atoms with van der Waals surface area (Å²) in [7, 11) is 0. The molecule has 0 saturated heterocycles. The van der Waals surface area contributed by atoms with Gasteiger partial charge in [0.15, 0.2) is 0 Å². The van der Waals surface area contributed by atoms with Crippen LogP contribution in [0.3, 0.4) is 0 Å². The maximum absolute atomic E-state index is 12.7. The molecule has 132 valence electrons. The molecule has 2 aromatic rings. The molecule has 2 aromatic carbocycles. The predicted molar refractivity (Wildman–Crippen MR) is 100 cm³/mol. The molecule has 0 aliphatic heterocycles. The van der Waals surface area contributed by atoms with Gasteiger partial charge in [-0.25, -0.2) is 0 Å². The molecule has 25 heavy (non-hydrogen) atoms. The molecule has 4 nitrogen and oxygen atoms in total. The van der Waals surface area contributed by atoms with E-state index in [2.05, 4.69) is 10.6 Å². The lowest BCUT2D eigenvalue weighted by atomic mass is 10.0. The molecule has 1 unspecified atom stereocenters. The first-order valence-corrected chi connectivity index (χ1v) is 8.70. The van der Waals surface area contributed by atoms with Crippen LogP contribution in [0.15, 0.2) is 54.6 Å². The molecule has 0 saturated carbocycles. The average molecular weight is 359 g/mol. The van der Waals surface area contributed by atoms with Crippen LogP contribution in [0.4, 0.5) is 0 Å². The Kier molecular flexibility index (Phi) is 7.02. The first kappa shape index (κ1) is 19.0. The van der Waals surface area contributed by atoms with Crippen LogP contribution in [0.5, 0.6) is 0 Å². The molecule has 0 aliphatic rings. The van der Waals surface area contributed by atoms with E-state index in [-0.39, 0.29) is 17.7 Å². The fourth-order valence-corrected chi connectivity index (χ4v) is 2.69. The van der Waals surface area contributed by atoms with Gasteiger partial charge < -0.3 is 10.6 Å². The van der Waals surface area contributed by atoms with Crippen LogP contribution in [0.25, 0.3) is 0 Å². The van der Waals surface area contributed by atoms with E-state index in [0.717, 1.165) is 11.1 Å². The average Bonchev–Trinajstić information content (AvgIpc) is 2.58. The Balaban J connectivity index is 2.08. The second-order valence-electron chi connectivity index (χ2n) is 6.36. The minimum absolute atomic E-state index is 0.137. The van der Waals surface area contributed by atoms with Gasteiger partial charge in [-0.05, 0) is 29.2 Å². The highest BCUT2D eigenvalue weighted by atomic mass is 35.5. The second-order valence-corrected chi connectivity index (χ2v) is 6.79. The summed E-state index contributed by atoms with van der Waals surface area (Å²) in [4.78, 5) is 24.8. The number of hydrogen-bond donors (Lipinski definition) is 2. The highest BCUT2D eigenvalue weighted by Gasteiger charge is 2.22. The molecule has 2 rings (SSSR count). The van der Waals surface area contributed by atoms with Crippen molar-refractivity contribution in [2.75, 3.05) is 0 Å². The second kappa shape index (κ2) is 9.23. The standard InChI is InChI=1S/C20H23ClN2O2/c1-14(2)11-18(24)23-19(16-8-4-3-5-9-16)20(25)22-13-15-7-6-10-17(21)12-15/h3-10,12,14,19H,11,13H2,1-2H3,(H,22,25)(H,23,24). The van der Waals surface area contributed by atoms with Gasteiger partial charge in [-0.2, -0.15) is 0 Å². The minimum atomic E-state index is -0.716. The number of carbonyl (C=O) groups is 2. The maximum Gasteiger partial charge on any atom is 0.247 e. The molecule has 2 N–H and O–H groups in total. The van der Waals surface area contributed by atoms with Crippen molar-refractivity contribution in [1.29, 1.82) is 0 Å². The van der Waals surface area contributed by atoms with E-state index in [9.17, 15) is 9.59 Å². The lowest BCUT2D eigenvalue weighted by molar-refractivity contribution is -0.129. The van der Waals surface area contributed by atoms with Crippen LogP contribution in [0.1, 0.15) is 37.4 Å². The van der Waals surface area contributed by atoms with E-state index >= 15 is 0 Å². The molecule has 0 aliphatic carbocycles. The molecule has 1 atom stereocenters. The fraction of sp³-hybridized carbons (Fsp3) is 0.300. The summed E-state index contributed by atoms with van der Waals surface area (Å²) >= 11 is 5.97. The summed E-state index contributed by atoms with van der Waals surface area (Å²) in [5.74, 6) is -0.156. The highest BCUT2D eigenvalue weighted by Crippen LogP contribution is 2.15. The molecule has 0 spiro atoms. The third-order valence-electron chi connectivity index (χ3n) is 3.65. The van der Waals surface area contributed by atoms with Gasteiger partial charge in [0.25, 0.3) is 0 Å². The molecule has 0 aromatic heterocycles. The first-order valence-electron chi connectivity index (χ1n) is 8.32. The maximum atomic E-state index is 12.7. The smallest absolute Gasteiger partial charge is 0.247 e. The Morgan fingerprint density at radius 2 is 1.76 bits per heavy atom. The predicted octanol–water partition coefficient (Wildman–Crippen LogP) is 3.86. The largest absolute Gasteiger partial charge is 0.350 e. The van der Waals surface area contributed by atoms with E-state index in [0.29, 0.717) is 18.0 Å². The van der Waals surface area contributed by atoms with Gasteiger partial charge in [0, 0.05) is 18.0 Å². The third kappa shape index (κ3) is 6.24. The van der Waals surface area contributed by atoms with Gasteiger partial charge >= 0.3 is 0 Å². The summed E-state index contributed by atoms with van der Waals surface area (Å²) in [5.41, 5.74) is 1.66. The number of amides is 2. The van der Waals surface area contributed by atoms with Gasteiger partial charge in [0.2, 0.25) is 11.8 Å². The zero-order valence-corrected chi connectivity index (χ0v) is 15.2. The Bertz CT molecular complexity index is 717. The Morgan fingerprint density at radius 3 is 2.40 bits per heavy atom. The molecular formula is C20H23ClN2O2. The van der Waals surface area contributed by atoms with Gasteiger partial charge in [0.1, 0.15) is 6.04 Å². The molecule has 0 radical (unpaired) electrons. The summed E-state index contributed by atoms with van der Waals surface area (Å²) in [5, 5.41) is 6.33. The fourth-order valence-electron chi connectivity index (χ4n) is 2.47. The normalized spacial score (nSPS) is 11.8. The van der Waals surface area contributed by atoms with Crippen molar-refractivity contribution < 1.29 is 9.59 Å². The van der Waals surface area contributed by atoms with E-state index < -0.39 is 6.04 Å². The quantitative estimate of drug-likeness (QED) is 0.789. The van der Waals surface area contributed by atoms with Gasteiger partial charge in [0.05, 0.1) is 0 Å². The number of carbonyl (C=O) groups excluding carboxylic acids is 2. The molecule has 2 amide bonds. The number of halogens is 1. The number of rotatable bonds is 7. The van der Waals surface area contributed by atoms with Crippen molar-refractivity contribution in [3.05, 3.63) is 70.7 Å². The van der Waals surface area contributed by atoms with E-state index in [1.54, 1.807) is 12.1 Å². The van der Waals surface area contributed by atoms with Crippen molar-refractivity contribution in [1.82, 2.24) is 10.6 Å². The van der Waals surface area contributed by atoms with Crippen LogP contribution in [0.2, 0.25) is 5.02 Å². The molecule has 5 heteroatoms. The molecule has 0 fully saturated rings. The zero-order valence-electron chi connectivity index (χ0n) is 14.5. The molecular weight excluding hydrogens is 336 g/mol. The Labute approximate surface area is 153 Å². The summed E-state index contributed by atoms with van der Waals surface area (Å²) < 4.78 is 0. The van der Waals surface area contributed by atoms with E-state index in [4.69, 9.17) is 11.6 Å². The van der Waals surface area contributed by atoms with Crippen LogP contribution in [0, 0.1) is 5.92 Å². The minimum Gasteiger partial charge on any atom is -0.350 e. The van der Waals surface area contributed by atoms with Crippen LogP contribution >= 0.6 is 11.6 Å². The van der Waals surface area contributed by atoms with E-state index in [1.807, 2.05) is 56.3 Å². The van der Waals surface area contributed by atoms with Gasteiger partial charge in [-0.15, -0.1) is 0 Å². The van der Waals surface area contributed by atoms with Gasteiger partial charge in [-0.1, -0.05) is 67.9 Å². The zero-order chi connectivity index (χ0) is 18.2. The Hall–Kier alpha value is -2.33. The lowest BCUT2D eigenvalue weighted by Crippen LogP contribution is -2.40. The van der Waals surface area contributed by atoms with Crippen LogP contribution in [-0.2, 0) is 16.1 Å². The third-order valence-corrected chi connectivity index (χ3v) is 3.88. The van der Waals surface area contributed by atoms with Crippen molar-refractivity contribution in [2.45, 2.75) is 32.9 Å². The summed E-state index contributed by atoms with van der Waals surface area (Å²) in [6.07, 6.45) is 0.380. The number of nitrogens with one attached hydrogen (secondary N) is 2. The van der Waals surface area contributed by atoms with Crippen molar-refractivity contribution in [3.63, 3.8) is 0 Å². The van der Waals surface area contributed by atoms with E-state index in [1.165, 1.54) is 0 Å². The lowest BCUT2D eigenvalue weighted by Gasteiger charge is -2.19. The van der Waals surface area contributed by atoms with Crippen molar-refractivity contribution in [2.24, 2.45) is 5.92 Å². The number of benzene rings is 2. The van der Waals surface area contributed by atoms with Gasteiger partial charge in [-0.3, -0.25) is 9.59 Å². The van der Waals surface area contributed by atoms with Crippen molar-refractivity contribution >= 4 is 23.4 Å². The van der Waals surface area contributed by atoms with Crippen LogP contribution < -0.4 is 10.6 Å².